The number of halogens is 2. The van der Waals surface area contributed by atoms with Crippen molar-refractivity contribution in [1.29, 1.82) is 0 Å². The van der Waals surface area contributed by atoms with Gasteiger partial charge in [-0.15, -0.1) is 0 Å². The van der Waals surface area contributed by atoms with Crippen LogP contribution in [0.1, 0.15) is 50.3 Å². The molecule has 2 amide bonds. The number of anilines is 1. The van der Waals surface area contributed by atoms with Gasteiger partial charge in [-0.1, -0.05) is 61.2 Å². The molecule has 1 aliphatic rings. The Balaban J connectivity index is 1.92. The third-order valence-electron chi connectivity index (χ3n) is 4.84. The largest absolute Gasteiger partial charge is 0.493 e. The number of nitrogens with one attached hydrogen (secondary N) is 1. The molecule has 0 bridgehead atoms. The van der Waals surface area contributed by atoms with Crippen molar-refractivity contribution >= 4 is 40.7 Å². The third kappa shape index (κ3) is 4.68. The van der Waals surface area contributed by atoms with Crippen LogP contribution in [-0.2, 0) is 16.1 Å². The van der Waals surface area contributed by atoms with Crippen molar-refractivity contribution in [3.63, 3.8) is 0 Å². The highest BCUT2D eigenvalue weighted by atomic mass is 35.5. The molecule has 0 fully saturated rings. The van der Waals surface area contributed by atoms with E-state index in [9.17, 15) is 9.59 Å². The summed E-state index contributed by atoms with van der Waals surface area (Å²) in [5, 5.41) is 3.49. The van der Waals surface area contributed by atoms with Gasteiger partial charge in [0.05, 0.1) is 23.9 Å². The number of fused-ring (bicyclic) bond motifs is 1. The second-order valence-electron chi connectivity index (χ2n) is 7.01. The second kappa shape index (κ2) is 9.51. The van der Waals surface area contributed by atoms with E-state index in [1.807, 2.05) is 24.3 Å². The zero-order chi connectivity index (χ0) is 21.0. The summed E-state index contributed by atoms with van der Waals surface area (Å²) in [4.78, 5) is 26.4. The quantitative estimate of drug-likeness (QED) is 0.574. The number of hydrogen-bond donors (Lipinski definition) is 1. The average molecular weight is 435 g/mol. The fraction of sp³-hybridized carbons (Fsp3) is 0.364. The van der Waals surface area contributed by atoms with Gasteiger partial charge in [0, 0.05) is 23.1 Å². The van der Waals surface area contributed by atoms with Crippen molar-refractivity contribution in [2.75, 3.05) is 11.5 Å². The van der Waals surface area contributed by atoms with Crippen LogP contribution < -0.4 is 15.0 Å². The van der Waals surface area contributed by atoms with Gasteiger partial charge in [-0.3, -0.25) is 9.59 Å². The minimum absolute atomic E-state index is 0.270. The smallest absolute Gasteiger partial charge is 0.254 e. The molecule has 1 atom stereocenters. The van der Waals surface area contributed by atoms with Gasteiger partial charge < -0.3 is 15.0 Å². The van der Waals surface area contributed by atoms with Crippen LogP contribution in [-0.4, -0.2) is 18.4 Å². The summed E-state index contributed by atoms with van der Waals surface area (Å²) < 4.78 is 5.95. The number of hydrogen-bond acceptors (Lipinski definition) is 3. The molecule has 5 nitrogen and oxygen atoms in total. The van der Waals surface area contributed by atoms with Gasteiger partial charge in [0.15, 0.2) is 0 Å². The SMILES string of the molecule is CCCCCOc1ccccc1CN1C(=O)C(NC(C)=O)c2c(Cl)ccc(Cl)c21. The zero-order valence-corrected chi connectivity index (χ0v) is 18.0. The fourth-order valence-electron chi connectivity index (χ4n) is 3.47. The van der Waals surface area contributed by atoms with E-state index in [2.05, 4.69) is 12.2 Å². The maximum absolute atomic E-state index is 13.2. The van der Waals surface area contributed by atoms with E-state index in [1.165, 1.54) is 6.92 Å². The molecule has 1 heterocycles. The number of nitrogens with zero attached hydrogens (tertiary/aromatic N) is 1. The van der Waals surface area contributed by atoms with E-state index in [0.29, 0.717) is 27.9 Å². The molecule has 0 spiro atoms. The molecular formula is C22H24Cl2N2O3. The first-order chi connectivity index (χ1) is 13.9. The van der Waals surface area contributed by atoms with Crippen LogP contribution in [0.5, 0.6) is 5.75 Å². The molecule has 2 aromatic rings. The number of carbonyl (C=O) groups is 2. The summed E-state index contributed by atoms with van der Waals surface area (Å²) in [7, 11) is 0. The Bertz CT molecular complexity index is 917. The first-order valence-corrected chi connectivity index (χ1v) is 10.5. The zero-order valence-electron chi connectivity index (χ0n) is 16.5. The lowest BCUT2D eigenvalue weighted by Crippen LogP contribution is -2.36. The monoisotopic (exact) mass is 434 g/mol. The maximum atomic E-state index is 13.2. The predicted octanol–water partition coefficient (Wildman–Crippen LogP) is 5.29. The van der Waals surface area contributed by atoms with Crippen molar-refractivity contribution in [3.8, 4) is 5.75 Å². The average Bonchev–Trinajstić information content (AvgIpc) is 2.96. The minimum Gasteiger partial charge on any atom is -0.493 e. The summed E-state index contributed by atoms with van der Waals surface area (Å²) >= 11 is 12.8. The van der Waals surface area contributed by atoms with E-state index in [0.717, 1.165) is 30.6 Å². The molecule has 0 aliphatic carbocycles. The van der Waals surface area contributed by atoms with Crippen LogP contribution in [0.4, 0.5) is 5.69 Å². The Kier molecular flexibility index (Phi) is 7.04. The number of carbonyl (C=O) groups excluding carboxylic acids is 2. The molecule has 7 heteroatoms. The first kappa shape index (κ1) is 21.5. The molecule has 1 unspecified atom stereocenters. The highest BCUT2D eigenvalue weighted by Crippen LogP contribution is 2.45. The van der Waals surface area contributed by atoms with Crippen LogP contribution in [0.25, 0.3) is 0 Å². The Morgan fingerprint density at radius 1 is 1.14 bits per heavy atom. The second-order valence-corrected chi connectivity index (χ2v) is 7.83. The fourth-order valence-corrected chi connectivity index (χ4v) is 4.00. The number of ether oxygens (including phenoxy) is 1. The standard InChI is InChI=1S/C22H24Cl2N2O3/c1-3-4-7-12-29-18-9-6-5-8-15(18)13-26-21-17(24)11-10-16(23)19(21)20(22(26)28)25-14(2)27/h5-6,8-11,20H,3-4,7,12-13H2,1-2H3,(H,25,27). The van der Waals surface area contributed by atoms with Crippen LogP contribution in [0.2, 0.25) is 10.0 Å². The van der Waals surface area contributed by atoms with Gasteiger partial charge in [0.1, 0.15) is 11.8 Å². The molecule has 0 saturated heterocycles. The Morgan fingerprint density at radius 3 is 2.59 bits per heavy atom. The van der Waals surface area contributed by atoms with Gasteiger partial charge in [-0.2, -0.15) is 0 Å². The molecule has 0 aromatic heterocycles. The van der Waals surface area contributed by atoms with E-state index >= 15 is 0 Å². The number of unbranched alkanes of at least 4 members (excludes halogenated alkanes) is 2. The molecule has 2 aromatic carbocycles. The van der Waals surface area contributed by atoms with Gasteiger partial charge >= 0.3 is 0 Å². The van der Waals surface area contributed by atoms with Crippen molar-refractivity contribution in [3.05, 3.63) is 57.6 Å². The summed E-state index contributed by atoms with van der Waals surface area (Å²) in [5.41, 5.74) is 1.92. The molecule has 1 N–H and O–H groups in total. The van der Waals surface area contributed by atoms with Gasteiger partial charge in [0.25, 0.3) is 5.91 Å². The van der Waals surface area contributed by atoms with Crippen LogP contribution in [0.15, 0.2) is 36.4 Å². The van der Waals surface area contributed by atoms with E-state index in [-0.39, 0.29) is 18.4 Å². The van der Waals surface area contributed by atoms with Gasteiger partial charge in [0.2, 0.25) is 5.91 Å². The summed E-state index contributed by atoms with van der Waals surface area (Å²) in [5.74, 6) is 0.150. The summed E-state index contributed by atoms with van der Waals surface area (Å²) in [6.07, 6.45) is 3.20. The minimum atomic E-state index is -0.855. The Morgan fingerprint density at radius 2 is 1.86 bits per heavy atom. The number of rotatable bonds is 8. The van der Waals surface area contributed by atoms with Crippen molar-refractivity contribution in [1.82, 2.24) is 5.32 Å². The lowest BCUT2D eigenvalue weighted by molar-refractivity contribution is -0.126. The summed E-state index contributed by atoms with van der Waals surface area (Å²) in [6.45, 7) is 4.40. The van der Waals surface area contributed by atoms with Crippen molar-refractivity contribution < 1.29 is 14.3 Å². The van der Waals surface area contributed by atoms with E-state index in [1.54, 1.807) is 17.0 Å². The molecule has 154 valence electrons. The molecule has 29 heavy (non-hydrogen) atoms. The van der Waals surface area contributed by atoms with Crippen LogP contribution in [0.3, 0.4) is 0 Å². The summed E-state index contributed by atoms with van der Waals surface area (Å²) in [6, 6.07) is 10.1. The first-order valence-electron chi connectivity index (χ1n) is 9.71. The predicted molar refractivity (Wildman–Crippen MR) is 116 cm³/mol. The van der Waals surface area contributed by atoms with E-state index < -0.39 is 6.04 Å². The Hall–Kier alpha value is -2.24. The Labute approximate surface area is 180 Å². The normalized spacial score (nSPS) is 15.4. The van der Waals surface area contributed by atoms with Crippen LogP contribution in [0, 0.1) is 0 Å². The van der Waals surface area contributed by atoms with Crippen molar-refractivity contribution in [2.24, 2.45) is 0 Å². The molecule has 0 radical (unpaired) electrons. The number of benzene rings is 2. The molecule has 3 rings (SSSR count). The van der Waals surface area contributed by atoms with Gasteiger partial charge in [-0.05, 0) is 24.6 Å². The lowest BCUT2D eigenvalue weighted by atomic mass is 10.1. The topological polar surface area (TPSA) is 58.6 Å². The van der Waals surface area contributed by atoms with Crippen molar-refractivity contribution in [2.45, 2.75) is 45.7 Å². The lowest BCUT2D eigenvalue weighted by Gasteiger charge is -2.21. The number of para-hydroxylation sites is 1. The maximum Gasteiger partial charge on any atom is 0.254 e. The highest BCUT2D eigenvalue weighted by molar-refractivity contribution is 6.38. The molecular weight excluding hydrogens is 411 g/mol. The number of amides is 2. The molecule has 1 aliphatic heterocycles. The van der Waals surface area contributed by atoms with Crippen LogP contribution >= 0.6 is 23.2 Å². The molecule has 0 saturated carbocycles. The van der Waals surface area contributed by atoms with Gasteiger partial charge in [-0.25, -0.2) is 0 Å². The highest BCUT2D eigenvalue weighted by Gasteiger charge is 2.41. The third-order valence-corrected chi connectivity index (χ3v) is 5.47. The van der Waals surface area contributed by atoms with E-state index in [4.69, 9.17) is 27.9 Å².